The Labute approximate surface area is 161 Å². The summed E-state index contributed by atoms with van der Waals surface area (Å²) >= 11 is 0. The molecule has 2 heterocycles. The van der Waals surface area contributed by atoms with Gasteiger partial charge in [0.05, 0.1) is 25.5 Å². The highest BCUT2D eigenvalue weighted by molar-refractivity contribution is 5.82. The lowest BCUT2D eigenvalue weighted by Crippen LogP contribution is -2.00. The molecule has 2 N–H and O–H groups in total. The van der Waals surface area contributed by atoms with E-state index in [4.69, 9.17) is 9.47 Å². The van der Waals surface area contributed by atoms with E-state index in [0.717, 1.165) is 5.69 Å². The van der Waals surface area contributed by atoms with E-state index in [-0.39, 0.29) is 11.5 Å². The molecule has 0 saturated carbocycles. The second-order valence-electron chi connectivity index (χ2n) is 6.31. The zero-order chi connectivity index (χ0) is 19.8. The van der Waals surface area contributed by atoms with Gasteiger partial charge in [-0.15, -0.1) is 0 Å². The van der Waals surface area contributed by atoms with Crippen molar-refractivity contribution in [2.75, 3.05) is 14.2 Å². The second kappa shape index (κ2) is 6.77. The molecule has 0 amide bonds. The van der Waals surface area contributed by atoms with Crippen LogP contribution in [-0.2, 0) is 0 Å². The van der Waals surface area contributed by atoms with Gasteiger partial charge in [-0.05, 0) is 42.8 Å². The summed E-state index contributed by atoms with van der Waals surface area (Å²) in [5.74, 6) is 1.62. The Kier molecular flexibility index (Phi) is 4.27. The molecule has 142 valence electrons. The average molecular weight is 377 g/mol. The largest absolute Gasteiger partial charge is 0.508 e. The topological polar surface area (TPSA) is 89.6 Å². The lowest BCUT2D eigenvalue weighted by Gasteiger charge is -2.14. The zero-order valence-electron chi connectivity index (χ0n) is 15.7. The lowest BCUT2D eigenvalue weighted by atomic mass is 10.1. The Morgan fingerprint density at radius 2 is 1.71 bits per heavy atom. The number of imidazole rings is 1. The monoisotopic (exact) mass is 377 g/mol. The first kappa shape index (κ1) is 17.7. The predicted octanol–water partition coefficient (Wildman–Crippen LogP) is 3.82. The molecule has 0 unspecified atom stereocenters. The molecule has 0 aliphatic heterocycles. The number of benzene rings is 2. The van der Waals surface area contributed by atoms with Gasteiger partial charge in [-0.25, -0.2) is 9.97 Å². The summed E-state index contributed by atoms with van der Waals surface area (Å²) in [6.45, 7) is 1.76. The number of nitrogens with zero attached hydrogens (tertiary/aromatic N) is 3. The maximum Gasteiger partial charge on any atom is 0.164 e. The Morgan fingerprint density at radius 3 is 2.46 bits per heavy atom. The number of aryl methyl sites for hydroxylation is 1. The highest BCUT2D eigenvalue weighted by atomic mass is 16.5. The number of fused-ring (bicyclic) bond motifs is 1. The van der Waals surface area contributed by atoms with Crippen molar-refractivity contribution < 1.29 is 19.7 Å². The SMILES string of the molecule is COc1ccc(-n2c(-c3cc(C)c(O)cc3O)nc3cccnc32)cc1OC. The molecule has 0 aliphatic rings. The van der Waals surface area contributed by atoms with Crippen LogP contribution in [0.5, 0.6) is 23.0 Å². The fourth-order valence-electron chi connectivity index (χ4n) is 3.17. The van der Waals surface area contributed by atoms with Crippen LogP contribution >= 0.6 is 0 Å². The lowest BCUT2D eigenvalue weighted by molar-refractivity contribution is 0.355. The summed E-state index contributed by atoms with van der Waals surface area (Å²) in [5, 5.41) is 20.4. The van der Waals surface area contributed by atoms with Crippen molar-refractivity contribution in [3.05, 3.63) is 54.2 Å². The van der Waals surface area contributed by atoms with Gasteiger partial charge in [-0.3, -0.25) is 4.57 Å². The summed E-state index contributed by atoms with van der Waals surface area (Å²) in [6, 6.07) is 12.2. The van der Waals surface area contributed by atoms with Gasteiger partial charge in [-0.1, -0.05) is 0 Å². The fraction of sp³-hybridized carbons (Fsp3) is 0.143. The summed E-state index contributed by atoms with van der Waals surface area (Å²) in [7, 11) is 3.15. The van der Waals surface area contributed by atoms with Crippen molar-refractivity contribution in [1.29, 1.82) is 0 Å². The van der Waals surface area contributed by atoms with E-state index in [1.807, 2.05) is 22.8 Å². The van der Waals surface area contributed by atoms with Gasteiger partial charge in [0.1, 0.15) is 17.0 Å². The fourth-order valence-corrected chi connectivity index (χ4v) is 3.17. The van der Waals surface area contributed by atoms with Crippen molar-refractivity contribution in [1.82, 2.24) is 14.5 Å². The van der Waals surface area contributed by atoms with Gasteiger partial charge in [0, 0.05) is 18.3 Å². The van der Waals surface area contributed by atoms with E-state index in [1.165, 1.54) is 6.07 Å². The van der Waals surface area contributed by atoms with Crippen LogP contribution in [-0.4, -0.2) is 39.0 Å². The van der Waals surface area contributed by atoms with Gasteiger partial charge in [0.25, 0.3) is 0 Å². The van der Waals surface area contributed by atoms with E-state index in [0.29, 0.717) is 39.6 Å². The Morgan fingerprint density at radius 1 is 0.929 bits per heavy atom. The number of pyridine rings is 1. The number of hydrogen-bond donors (Lipinski definition) is 2. The zero-order valence-corrected chi connectivity index (χ0v) is 15.7. The Balaban J connectivity index is 2.04. The minimum absolute atomic E-state index is 0.0214. The number of aromatic nitrogens is 3. The number of phenolic OH excluding ortho intramolecular Hbond substituents is 2. The number of hydrogen-bond acceptors (Lipinski definition) is 6. The molecule has 4 aromatic rings. The molecule has 28 heavy (non-hydrogen) atoms. The molecule has 0 bridgehead atoms. The molecule has 2 aromatic heterocycles. The molecule has 7 heteroatoms. The van der Waals surface area contributed by atoms with E-state index >= 15 is 0 Å². The van der Waals surface area contributed by atoms with Crippen LogP contribution < -0.4 is 9.47 Å². The molecule has 2 aromatic carbocycles. The summed E-state index contributed by atoms with van der Waals surface area (Å²) in [4.78, 5) is 9.14. The molecule has 0 spiro atoms. The Bertz CT molecular complexity index is 1180. The van der Waals surface area contributed by atoms with Crippen molar-refractivity contribution in [3.63, 3.8) is 0 Å². The van der Waals surface area contributed by atoms with Crippen molar-refractivity contribution in [2.45, 2.75) is 6.92 Å². The third-order valence-electron chi connectivity index (χ3n) is 4.60. The number of rotatable bonds is 4. The second-order valence-corrected chi connectivity index (χ2v) is 6.31. The molecule has 0 atom stereocenters. The van der Waals surface area contributed by atoms with E-state index in [2.05, 4.69) is 9.97 Å². The van der Waals surface area contributed by atoms with Crippen LogP contribution in [0.25, 0.3) is 28.2 Å². The highest BCUT2D eigenvalue weighted by Crippen LogP contribution is 2.38. The van der Waals surface area contributed by atoms with Crippen molar-refractivity contribution >= 4 is 11.2 Å². The standard InChI is InChI=1S/C21H19N3O4/c1-12-9-14(17(26)11-16(12)25)20-23-15-5-4-8-22-21(15)24(20)13-6-7-18(27-2)19(10-13)28-3/h4-11,25-26H,1-3H3. The third-order valence-corrected chi connectivity index (χ3v) is 4.60. The van der Waals surface area contributed by atoms with Crippen LogP contribution in [0.2, 0.25) is 0 Å². The number of aromatic hydroxyl groups is 2. The average Bonchev–Trinajstić information content (AvgIpc) is 3.09. The predicted molar refractivity (Wildman–Crippen MR) is 105 cm³/mol. The van der Waals surface area contributed by atoms with Gasteiger partial charge >= 0.3 is 0 Å². The van der Waals surface area contributed by atoms with Crippen LogP contribution in [0.3, 0.4) is 0 Å². The molecule has 7 nitrogen and oxygen atoms in total. The van der Waals surface area contributed by atoms with Crippen LogP contribution in [0.1, 0.15) is 5.56 Å². The maximum atomic E-state index is 10.5. The number of phenols is 2. The number of methoxy groups -OCH3 is 2. The van der Waals surface area contributed by atoms with Crippen molar-refractivity contribution in [2.24, 2.45) is 0 Å². The maximum absolute atomic E-state index is 10.5. The summed E-state index contributed by atoms with van der Waals surface area (Å²) in [6.07, 6.45) is 1.69. The normalized spacial score (nSPS) is 11.0. The Hall–Kier alpha value is -3.74. The molecule has 4 rings (SSSR count). The first-order valence-electron chi connectivity index (χ1n) is 8.62. The molecular formula is C21H19N3O4. The summed E-state index contributed by atoms with van der Waals surface area (Å²) < 4.78 is 12.6. The first-order chi connectivity index (χ1) is 13.5. The molecule has 0 radical (unpaired) electrons. The quantitative estimate of drug-likeness (QED) is 0.562. The van der Waals surface area contributed by atoms with Gasteiger partial charge in [0.2, 0.25) is 0 Å². The number of ether oxygens (including phenoxy) is 2. The van der Waals surface area contributed by atoms with E-state index in [9.17, 15) is 10.2 Å². The minimum atomic E-state index is -0.0693. The van der Waals surface area contributed by atoms with Crippen LogP contribution in [0, 0.1) is 6.92 Å². The van der Waals surface area contributed by atoms with Crippen LogP contribution in [0.4, 0.5) is 0 Å². The van der Waals surface area contributed by atoms with Crippen LogP contribution in [0.15, 0.2) is 48.7 Å². The highest BCUT2D eigenvalue weighted by Gasteiger charge is 2.20. The third kappa shape index (κ3) is 2.77. The molecule has 0 aliphatic carbocycles. The smallest absolute Gasteiger partial charge is 0.164 e. The molecule has 0 fully saturated rings. The van der Waals surface area contributed by atoms with Gasteiger partial charge in [-0.2, -0.15) is 0 Å². The summed E-state index contributed by atoms with van der Waals surface area (Å²) in [5.41, 5.74) is 3.18. The van der Waals surface area contributed by atoms with Gasteiger partial charge < -0.3 is 19.7 Å². The first-order valence-corrected chi connectivity index (χ1v) is 8.62. The molecule has 0 saturated heterocycles. The molecular weight excluding hydrogens is 358 g/mol. The van der Waals surface area contributed by atoms with E-state index in [1.54, 1.807) is 45.5 Å². The van der Waals surface area contributed by atoms with E-state index < -0.39 is 0 Å². The van der Waals surface area contributed by atoms with Gasteiger partial charge in [0.15, 0.2) is 23.0 Å². The minimum Gasteiger partial charge on any atom is -0.508 e. The van der Waals surface area contributed by atoms with Crippen molar-refractivity contribution in [3.8, 4) is 40.1 Å².